The fourth-order valence-corrected chi connectivity index (χ4v) is 3.74. The van der Waals surface area contributed by atoms with E-state index in [0.29, 0.717) is 11.3 Å². The molecule has 5 nitrogen and oxygen atoms in total. The first-order chi connectivity index (χ1) is 12.0. The highest BCUT2D eigenvalue weighted by molar-refractivity contribution is 7.92. The molecule has 6 heteroatoms. The Morgan fingerprint density at radius 2 is 1.40 bits per heavy atom. The van der Waals surface area contributed by atoms with E-state index in [1.54, 1.807) is 18.2 Å². The summed E-state index contributed by atoms with van der Waals surface area (Å²) in [5, 5.41) is 8.91. The SMILES string of the molecule is O=C(O)c1ccc(NS(=O)(=O)c2ccccc2-c2ccccc2)cc1. The van der Waals surface area contributed by atoms with Crippen LogP contribution in [0.2, 0.25) is 0 Å². The van der Waals surface area contributed by atoms with Crippen LogP contribution >= 0.6 is 0 Å². The van der Waals surface area contributed by atoms with Crippen LogP contribution in [-0.4, -0.2) is 19.5 Å². The number of sulfonamides is 1. The highest BCUT2D eigenvalue weighted by Crippen LogP contribution is 2.28. The Balaban J connectivity index is 1.97. The number of carbonyl (C=O) groups is 1. The van der Waals surface area contributed by atoms with Gasteiger partial charge in [-0.25, -0.2) is 13.2 Å². The Bertz CT molecular complexity index is 997. The van der Waals surface area contributed by atoms with Gasteiger partial charge in [-0.05, 0) is 35.9 Å². The monoisotopic (exact) mass is 353 g/mol. The van der Waals surface area contributed by atoms with Gasteiger partial charge in [-0.3, -0.25) is 4.72 Å². The molecule has 0 spiro atoms. The summed E-state index contributed by atoms with van der Waals surface area (Å²) < 4.78 is 28.1. The lowest BCUT2D eigenvalue weighted by atomic mass is 10.1. The maximum Gasteiger partial charge on any atom is 0.335 e. The fraction of sp³-hybridized carbons (Fsp3) is 0. The molecule has 0 aliphatic heterocycles. The van der Waals surface area contributed by atoms with Gasteiger partial charge in [0.2, 0.25) is 0 Å². The molecule has 0 aliphatic carbocycles. The van der Waals surface area contributed by atoms with Gasteiger partial charge >= 0.3 is 5.97 Å². The minimum atomic E-state index is -3.82. The molecule has 0 radical (unpaired) electrons. The second kappa shape index (κ2) is 6.78. The summed E-state index contributed by atoms with van der Waals surface area (Å²) in [6.07, 6.45) is 0. The summed E-state index contributed by atoms with van der Waals surface area (Å²) in [5.74, 6) is -1.07. The van der Waals surface area contributed by atoms with E-state index < -0.39 is 16.0 Å². The van der Waals surface area contributed by atoms with Gasteiger partial charge in [0.05, 0.1) is 10.5 Å². The van der Waals surface area contributed by atoms with Gasteiger partial charge in [-0.1, -0.05) is 48.5 Å². The lowest BCUT2D eigenvalue weighted by Crippen LogP contribution is -2.14. The molecule has 0 bridgehead atoms. The molecule has 0 aliphatic rings. The standard InChI is InChI=1S/C19H15NO4S/c21-19(22)15-10-12-16(13-11-15)20-25(23,24)18-9-5-4-8-17(18)14-6-2-1-3-7-14/h1-13,20H,(H,21,22). The summed E-state index contributed by atoms with van der Waals surface area (Å²) >= 11 is 0. The normalized spacial score (nSPS) is 11.0. The van der Waals surface area contributed by atoms with Gasteiger partial charge in [-0.15, -0.1) is 0 Å². The first-order valence-electron chi connectivity index (χ1n) is 7.48. The zero-order chi connectivity index (χ0) is 17.9. The lowest BCUT2D eigenvalue weighted by molar-refractivity contribution is 0.0697. The molecule has 126 valence electrons. The number of anilines is 1. The third kappa shape index (κ3) is 3.70. The van der Waals surface area contributed by atoms with E-state index in [1.807, 2.05) is 30.3 Å². The Morgan fingerprint density at radius 1 is 0.800 bits per heavy atom. The maximum atomic E-state index is 12.8. The van der Waals surface area contributed by atoms with E-state index in [4.69, 9.17) is 5.11 Å². The molecule has 3 aromatic rings. The highest BCUT2D eigenvalue weighted by Gasteiger charge is 2.19. The minimum absolute atomic E-state index is 0.0904. The quantitative estimate of drug-likeness (QED) is 0.730. The number of carboxylic acid groups (broad SMARTS) is 1. The van der Waals surface area contributed by atoms with Crippen LogP contribution in [0.15, 0.2) is 83.8 Å². The van der Waals surface area contributed by atoms with Crippen molar-refractivity contribution < 1.29 is 18.3 Å². The topological polar surface area (TPSA) is 83.5 Å². The molecular weight excluding hydrogens is 338 g/mol. The molecule has 0 amide bonds. The van der Waals surface area contributed by atoms with E-state index >= 15 is 0 Å². The molecule has 0 unspecified atom stereocenters. The summed E-state index contributed by atoms with van der Waals surface area (Å²) in [4.78, 5) is 11.0. The van der Waals surface area contributed by atoms with E-state index in [-0.39, 0.29) is 10.5 Å². The maximum absolute atomic E-state index is 12.8. The zero-order valence-corrected chi connectivity index (χ0v) is 13.9. The molecule has 3 rings (SSSR count). The van der Waals surface area contributed by atoms with Gasteiger partial charge in [0.15, 0.2) is 0 Å². The molecule has 0 saturated carbocycles. The van der Waals surface area contributed by atoms with Crippen molar-refractivity contribution in [1.82, 2.24) is 0 Å². The summed E-state index contributed by atoms with van der Waals surface area (Å²) in [5.41, 5.74) is 1.78. The minimum Gasteiger partial charge on any atom is -0.478 e. The van der Waals surface area contributed by atoms with Gasteiger partial charge in [-0.2, -0.15) is 0 Å². The first kappa shape index (κ1) is 16.7. The van der Waals surface area contributed by atoms with Gasteiger partial charge < -0.3 is 5.11 Å². The average molecular weight is 353 g/mol. The van der Waals surface area contributed by atoms with Crippen LogP contribution in [0, 0.1) is 0 Å². The van der Waals surface area contributed by atoms with E-state index in [2.05, 4.69) is 4.72 Å². The Kier molecular flexibility index (Phi) is 4.54. The van der Waals surface area contributed by atoms with Crippen molar-refractivity contribution in [3.63, 3.8) is 0 Å². The van der Waals surface area contributed by atoms with Crippen molar-refractivity contribution >= 4 is 21.7 Å². The van der Waals surface area contributed by atoms with Crippen LogP contribution in [0.5, 0.6) is 0 Å². The molecule has 0 aromatic heterocycles. The molecule has 0 heterocycles. The van der Waals surface area contributed by atoms with Crippen LogP contribution in [0.1, 0.15) is 10.4 Å². The lowest BCUT2D eigenvalue weighted by Gasteiger charge is -2.12. The summed E-state index contributed by atoms with van der Waals surface area (Å²) in [7, 11) is -3.82. The molecule has 3 aromatic carbocycles. The summed E-state index contributed by atoms with van der Waals surface area (Å²) in [6, 6.07) is 21.5. The number of benzene rings is 3. The van der Waals surface area contributed by atoms with Crippen molar-refractivity contribution in [2.45, 2.75) is 4.90 Å². The van der Waals surface area contributed by atoms with Crippen LogP contribution in [0.25, 0.3) is 11.1 Å². The number of hydrogen-bond donors (Lipinski definition) is 2. The fourth-order valence-electron chi connectivity index (χ4n) is 2.45. The Labute approximate surface area is 145 Å². The van der Waals surface area contributed by atoms with E-state index in [1.165, 1.54) is 30.3 Å². The highest BCUT2D eigenvalue weighted by atomic mass is 32.2. The molecule has 0 fully saturated rings. The van der Waals surface area contributed by atoms with Crippen molar-refractivity contribution in [2.75, 3.05) is 4.72 Å². The predicted molar refractivity (Wildman–Crippen MR) is 96.1 cm³/mol. The third-order valence-corrected chi connectivity index (χ3v) is 5.08. The Hall–Kier alpha value is -3.12. The number of aromatic carboxylic acids is 1. The largest absolute Gasteiger partial charge is 0.478 e. The molecule has 25 heavy (non-hydrogen) atoms. The summed E-state index contributed by atoms with van der Waals surface area (Å²) in [6.45, 7) is 0. The number of nitrogens with one attached hydrogen (secondary N) is 1. The smallest absolute Gasteiger partial charge is 0.335 e. The molecular formula is C19H15NO4S. The molecule has 2 N–H and O–H groups in total. The van der Waals surface area contributed by atoms with E-state index in [9.17, 15) is 13.2 Å². The number of rotatable bonds is 5. The second-order valence-corrected chi connectivity index (χ2v) is 7.00. The van der Waals surface area contributed by atoms with Crippen molar-refractivity contribution in [2.24, 2.45) is 0 Å². The van der Waals surface area contributed by atoms with Crippen LogP contribution < -0.4 is 4.72 Å². The van der Waals surface area contributed by atoms with Crippen LogP contribution in [0.3, 0.4) is 0 Å². The van der Waals surface area contributed by atoms with Crippen LogP contribution in [-0.2, 0) is 10.0 Å². The number of hydrogen-bond acceptors (Lipinski definition) is 3. The molecule has 0 saturated heterocycles. The van der Waals surface area contributed by atoms with Crippen molar-refractivity contribution in [1.29, 1.82) is 0 Å². The zero-order valence-electron chi connectivity index (χ0n) is 13.1. The first-order valence-corrected chi connectivity index (χ1v) is 8.96. The van der Waals surface area contributed by atoms with Crippen molar-refractivity contribution in [3.05, 3.63) is 84.4 Å². The van der Waals surface area contributed by atoms with Gasteiger partial charge in [0, 0.05) is 11.3 Å². The van der Waals surface area contributed by atoms with E-state index in [0.717, 1.165) is 5.56 Å². The second-order valence-electron chi connectivity index (χ2n) is 5.35. The Morgan fingerprint density at radius 3 is 2.04 bits per heavy atom. The predicted octanol–water partition coefficient (Wildman–Crippen LogP) is 3.85. The van der Waals surface area contributed by atoms with Crippen molar-refractivity contribution in [3.8, 4) is 11.1 Å². The van der Waals surface area contributed by atoms with Gasteiger partial charge in [0.1, 0.15) is 0 Å². The van der Waals surface area contributed by atoms with Crippen LogP contribution in [0.4, 0.5) is 5.69 Å². The van der Waals surface area contributed by atoms with Gasteiger partial charge in [0.25, 0.3) is 10.0 Å². The molecule has 0 atom stereocenters. The average Bonchev–Trinajstić information content (AvgIpc) is 2.62. The third-order valence-electron chi connectivity index (χ3n) is 3.65. The number of carboxylic acids is 1.